The van der Waals surface area contributed by atoms with Gasteiger partial charge in [-0.1, -0.05) is 50.6 Å². The molecule has 4 N–H and O–H groups in total. The highest BCUT2D eigenvalue weighted by Crippen LogP contribution is 2.26. The van der Waals surface area contributed by atoms with Crippen molar-refractivity contribution in [2.45, 2.75) is 26.7 Å². The minimum atomic E-state index is 0.504. The molecular formula is C19H27N7. The van der Waals surface area contributed by atoms with Gasteiger partial charge in [-0.15, -0.1) is 0 Å². The maximum Gasteiger partial charge on any atom is 0.183 e. The van der Waals surface area contributed by atoms with E-state index in [1.807, 2.05) is 31.4 Å². The molecule has 1 aromatic carbocycles. The molecule has 0 unspecified atom stereocenters. The van der Waals surface area contributed by atoms with Crippen LogP contribution in [0.2, 0.25) is 0 Å². The highest BCUT2D eigenvalue weighted by atomic mass is 15.3. The van der Waals surface area contributed by atoms with Crippen molar-refractivity contribution < 1.29 is 0 Å². The van der Waals surface area contributed by atoms with Gasteiger partial charge >= 0.3 is 0 Å². The van der Waals surface area contributed by atoms with E-state index in [4.69, 9.17) is 5.84 Å². The second-order valence-corrected chi connectivity index (χ2v) is 5.88. The second-order valence-electron chi connectivity index (χ2n) is 5.88. The number of nitrogen functional groups attached to an aromatic ring is 1. The molecule has 0 fully saturated rings. The molecule has 7 nitrogen and oxygen atoms in total. The molecule has 0 aliphatic rings. The van der Waals surface area contributed by atoms with E-state index in [-0.39, 0.29) is 0 Å². The number of aryl methyl sites for hydroxylation is 1. The van der Waals surface area contributed by atoms with Gasteiger partial charge in [-0.25, -0.2) is 15.8 Å². The molecule has 3 aromatic rings. The van der Waals surface area contributed by atoms with Gasteiger partial charge in [0, 0.05) is 32.3 Å². The fourth-order valence-corrected chi connectivity index (χ4v) is 2.47. The van der Waals surface area contributed by atoms with Crippen molar-refractivity contribution in [2.75, 3.05) is 17.8 Å². The van der Waals surface area contributed by atoms with Gasteiger partial charge in [0.25, 0.3) is 0 Å². The number of nitrogens with zero attached hydrogens (tertiary/aromatic N) is 4. The lowest BCUT2D eigenvalue weighted by atomic mass is 10.1. The summed E-state index contributed by atoms with van der Waals surface area (Å²) in [5, 5.41) is 7.56. The van der Waals surface area contributed by atoms with Gasteiger partial charge in [0.05, 0.1) is 17.6 Å². The zero-order chi connectivity index (χ0) is 18.9. The van der Waals surface area contributed by atoms with Crippen molar-refractivity contribution in [1.29, 1.82) is 0 Å². The standard InChI is InChI=1S/C16H19N7.C3H8/c1-18-15-16(21-17)19-9-14(20-15)12-10-23(2)22-13(12)8-11-6-4-3-5-7-11;1-3-2/h3-7,9-10H,8,17H2,1-2H3,(H,18,20)(H,19,21);3H2,1-2H3. The van der Waals surface area contributed by atoms with Crippen LogP contribution in [-0.2, 0) is 13.5 Å². The van der Waals surface area contributed by atoms with Gasteiger partial charge in [0.15, 0.2) is 11.6 Å². The molecule has 2 aromatic heterocycles. The highest BCUT2D eigenvalue weighted by molar-refractivity contribution is 5.67. The first kappa shape index (κ1) is 19.4. The average molecular weight is 353 g/mol. The van der Waals surface area contributed by atoms with E-state index in [0.29, 0.717) is 11.6 Å². The van der Waals surface area contributed by atoms with E-state index in [0.717, 1.165) is 23.4 Å². The number of hydrogen-bond donors (Lipinski definition) is 3. The van der Waals surface area contributed by atoms with Gasteiger partial charge in [-0.3, -0.25) is 4.68 Å². The van der Waals surface area contributed by atoms with Crippen LogP contribution < -0.4 is 16.6 Å². The first-order valence-corrected chi connectivity index (χ1v) is 8.71. The number of benzene rings is 1. The molecule has 7 heteroatoms. The summed E-state index contributed by atoms with van der Waals surface area (Å²) in [5.41, 5.74) is 6.41. The van der Waals surface area contributed by atoms with Gasteiger partial charge in [0.1, 0.15) is 0 Å². The van der Waals surface area contributed by atoms with Crippen LogP contribution in [0.4, 0.5) is 11.6 Å². The number of hydrogen-bond acceptors (Lipinski definition) is 6. The molecule has 0 radical (unpaired) electrons. The van der Waals surface area contributed by atoms with Gasteiger partial charge in [-0.05, 0) is 5.56 Å². The molecule has 0 amide bonds. The zero-order valence-corrected chi connectivity index (χ0v) is 15.8. The predicted octanol–water partition coefficient (Wildman–Crippen LogP) is 3.21. The van der Waals surface area contributed by atoms with Crippen LogP contribution in [0.5, 0.6) is 0 Å². The number of nitrogens with one attached hydrogen (secondary N) is 2. The Balaban J connectivity index is 0.000000758. The topological polar surface area (TPSA) is 93.7 Å². The number of aromatic nitrogens is 4. The third-order valence-corrected chi connectivity index (χ3v) is 3.54. The van der Waals surface area contributed by atoms with Crippen molar-refractivity contribution in [3.8, 4) is 11.3 Å². The molecule has 0 saturated heterocycles. The molecule has 0 aliphatic carbocycles. The number of rotatable bonds is 5. The van der Waals surface area contributed by atoms with Gasteiger partial charge < -0.3 is 10.7 Å². The Kier molecular flexibility index (Phi) is 7.11. The van der Waals surface area contributed by atoms with Crippen LogP contribution in [0.1, 0.15) is 31.5 Å². The van der Waals surface area contributed by atoms with E-state index in [9.17, 15) is 0 Å². The first-order valence-electron chi connectivity index (χ1n) is 8.71. The molecule has 0 saturated carbocycles. The monoisotopic (exact) mass is 353 g/mol. The Morgan fingerprint density at radius 2 is 1.81 bits per heavy atom. The largest absolute Gasteiger partial charge is 0.370 e. The van der Waals surface area contributed by atoms with Crippen molar-refractivity contribution in [3.05, 3.63) is 54.0 Å². The van der Waals surface area contributed by atoms with E-state index in [1.54, 1.807) is 17.9 Å². The summed E-state index contributed by atoms with van der Waals surface area (Å²) < 4.78 is 1.80. The Labute approximate surface area is 154 Å². The van der Waals surface area contributed by atoms with E-state index in [1.165, 1.54) is 12.0 Å². The lowest BCUT2D eigenvalue weighted by Crippen LogP contribution is -2.12. The Morgan fingerprint density at radius 1 is 1.12 bits per heavy atom. The van der Waals surface area contributed by atoms with Crippen molar-refractivity contribution in [2.24, 2.45) is 12.9 Å². The third-order valence-electron chi connectivity index (χ3n) is 3.54. The smallest absolute Gasteiger partial charge is 0.183 e. The summed E-state index contributed by atoms with van der Waals surface area (Å²) in [6, 6.07) is 10.2. The Hall–Kier alpha value is -2.93. The van der Waals surface area contributed by atoms with Crippen molar-refractivity contribution in [1.82, 2.24) is 19.7 Å². The summed E-state index contributed by atoms with van der Waals surface area (Å²) in [5.74, 6) is 6.54. The maximum atomic E-state index is 5.44. The summed E-state index contributed by atoms with van der Waals surface area (Å²) in [4.78, 5) is 8.88. The molecule has 2 heterocycles. The summed E-state index contributed by atoms with van der Waals surface area (Å²) in [6.07, 6.45) is 5.64. The van der Waals surface area contributed by atoms with Crippen LogP contribution in [-0.4, -0.2) is 26.8 Å². The number of anilines is 2. The fraction of sp³-hybridized carbons (Fsp3) is 0.316. The number of hydrazine groups is 1. The van der Waals surface area contributed by atoms with Crippen LogP contribution >= 0.6 is 0 Å². The van der Waals surface area contributed by atoms with Gasteiger partial charge in [0.2, 0.25) is 0 Å². The second kappa shape index (κ2) is 9.53. The molecule has 0 aliphatic heterocycles. The van der Waals surface area contributed by atoms with Crippen LogP contribution in [0.25, 0.3) is 11.3 Å². The summed E-state index contributed by atoms with van der Waals surface area (Å²) in [7, 11) is 3.68. The highest BCUT2D eigenvalue weighted by Gasteiger charge is 2.14. The lowest BCUT2D eigenvalue weighted by molar-refractivity contribution is 0.749. The minimum Gasteiger partial charge on any atom is -0.370 e. The first-order chi connectivity index (χ1) is 12.6. The van der Waals surface area contributed by atoms with Crippen LogP contribution in [0.3, 0.4) is 0 Å². The lowest BCUT2D eigenvalue weighted by Gasteiger charge is -2.08. The summed E-state index contributed by atoms with van der Waals surface area (Å²) >= 11 is 0. The molecular weight excluding hydrogens is 326 g/mol. The van der Waals surface area contributed by atoms with Gasteiger partial charge in [-0.2, -0.15) is 5.10 Å². The fourth-order valence-electron chi connectivity index (χ4n) is 2.47. The van der Waals surface area contributed by atoms with Crippen LogP contribution in [0.15, 0.2) is 42.7 Å². The molecule has 3 rings (SSSR count). The molecule has 0 bridgehead atoms. The SMILES string of the molecule is CCC.CNc1nc(-c2cn(C)nc2Cc2ccccc2)cnc1NN. The number of nitrogens with two attached hydrogens (primary N) is 1. The van der Waals surface area contributed by atoms with E-state index in [2.05, 4.69) is 51.8 Å². The van der Waals surface area contributed by atoms with E-state index >= 15 is 0 Å². The minimum absolute atomic E-state index is 0.504. The van der Waals surface area contributed by atoms with Crippen LogP contribution in [0, 0.1) is 0 Å². The molecule has 0 spiro atoms. The summed E-state index contributed by atoms with van der Waals surface area (Å²) in [6.45, 7) is 4.25. The van der Waals surface area contributed by atoms with E-state index < -0.39 is 0 Å². The van der Waals surface area contributed by atoms with Crippen molar-refractivity contribution in [3.63, 3.8) is 0 Å². The molecule has 0 atom stereocenters. The Bertz CT molecular complexity index is 812. The average Bonchev–Trinajstić information content (AvgIpc) is 3.02. The molecule has 138 valence electrons. The normalized spacial score (nSPS) is 10.0. The quantitative estimate of drug-likeness (QED) is 0.482. The zero-order valence-electron chi connectivity index (χ0n) is 15.8. The Morgan fingerprint density at radius 3 is 2.42 bits per heavy atom. The predicted molar refractivity (Wildman–Crippen MR) is 107 cm³/mol. The maximum absolute atomic E-state index is 5.44. The van der Waals surface area contributed by atoms with Crippen molar-refractivity contribution >= 4 is 11.6 Å². The third kappa shape index (κ3) is 4.80. The molecule has 26 heavy (non-hydrogen) atoms.